The Bertz CT molecular complexity index is 3110. The number of anilines is 9. The van der Waals surface area contributed by atoms with Gasteiger partial charge in [-0.05, 0) is 66.1 Å². The van der Waals surface area contributed by atoms with Crippen molar-refractivity contribution < 1.29 is 17.7 Å². The largest absolute Gasteiger partial charge is 0.440 e. The minimum absolute atomic E-state index is 0.264. The van der Waals surface area contributed by atoms with Crippen LogP contribution in [0.3, 0.4) is 0 Å². The van der Waals surface area contributed by atoms with Gasteiger partial charge in [0.2, 0.25) is 23.5 Å². The van der Waals surface area contributed by atoms with Gasteiger partial charge in [-0.15, -0.1) is 0 Å². The van der Waals surface area contributed by atoms with Gasteiger partial charge in [0.05, 0.1) is 17.1 Å². The van der Waals surface area contributed by atoms with Crippen LogP contribution in [0.5, 0.6) is 0 Å². The molecule has 0 saturated heterocycles. The molecule has 13 rings (SSSR count). The predicted molar refractivity (Wildman–Crippen MR) is 234 cm³/mol. The Kier molecular flexibility index (Phi) is 6.40. The maximum absolute atomic E-state index is 7.02. The van der Waals surface area contributed by atoms with E-state index >= 15 is 0 Å². The van der Waals surface area contributed by atoms with E-state index in [1.807, 2.05) is 72.8 Å². The van der Waals surface area contributed by atoms with Crippen molar-refractivity contribution in [3.8, 4) is 0 Å². The highest BCUT2D eigenvalue weighted by atomic mass is 16.4. The summed E-state index contributed by atoms with van der Waals surface area (Å²) in [5, 5.41) is 4.08. The number of rotatable bonds is 5. The standard InChI is InChI=1S/C50H30BN3O4/c1-3-17-33(18-4-1)52(34-19-5-2-6-20-34)35-29-38-48-39(30-35)54(45-28-32-16-8-12-24-41(32)56-45)50-47(37-22-10-14-26-43(37)58-50)51(48)46-36-21-9-13-25-42(36)57-49(46)53(38)44-27-31-15-7-11-23-40(31)55-44/h1-30H. The van der Waals surface area contributed by atoms with Gasteiger partial charge in [-0.2, -0.15) is 0 Å². The van der Waals surface area contributed by atoms with Gasteiger partial charge in [0.25, 0.3) is 6.71 Å². The summed E-state index contributed by atoms with van der Waals surface area (Å²) in [6.45, 7) is -0.264. The van der Waals surface area contributed by atoms with E-state index in [0.717, 1.165) is 88.7 Å². The van der Waals surface area contributed by atoms with Gasteiger partial charge in [0.15, 0.2) is 0 Å². The van der Waals surface area contributed by atoms with Crippen LogP contribution in [0.15, 0.2) is 200 Å². The Balaban J connectivity index is 1.20. The van der Waals surface area contributed by atoms with Gasteiger partial charge in [-0.25, -0.2) is 0 Å². The lowest BCUT2D eigenvalue weighted by Crippen LogP contribution is -2.60. The molecular weight excluding hydrogens is 717 g/mol. The van der Waals surface area contributed by atoms with E-state index in [-0.39, 0.29) is 6.71 Å². The van der Waals surface area contributed by atoms with Crippen molar-refractivity contribution in [2.45, 2.75) is 0 Å². The van der Waals surface area contributed by atoms with Crippen LogP contribution in [0.4, 0.5) is 52.0 Å². The van der Waals surface area contributed by atoms with E-state index in [1.165, 1.54) is 0 Å². The number of furan rings is 4. The quantitative estimate of drug-likeness (QED) is 0.162. The third kappa shape index (κ3) is 4.39. The van der Waals surface area contributed by atoms with Crippen LogP contribution < -0.4 is 31.1 Å². The van der Waals surface area contributed by atoms with Crippen molar-refractivity contribution in [2.75, 3.05) is 14.7 Å². The van der Waals surface area contributed by atoms with E-state index in [4.69, 9.17) is 17.7 Å². The first-order valence-corrected chi connectivity index (χ1v) is 19.5. The Morgan fingerprint density at radius 2 is 0.776 bits per heavy atom. The number of fused-ring (bicyclic) bond motifs is 10. The number of para-hydroxylation sites is 6. The van der Waals surface area contributed by atoms with Crippen molar-refractivity contribution in [3.05, 3.63) is 182 Å². The second kappa shape index (κ2) is 11.8. The molecule has 2 aliphatic rings. The summed E-state index contributed by atoms with van der Waals surface area (Å²) in [5.74, 6) is 2.73. The Morgan fingerprint density at radius 3 is 1.24 bits per heavy atom. The topological polar surface area (TPSA) is 62.3 Å². The molecule has 0 radical (unpaired) electrons. The predicted octanol–water partition coefficient (Wildman–Crippen LogP) is 12.2. The number of benzene rings is 7. The fourth-order valence-electron chi connectivity index (χ4n) is 9.25. The lowest BCUT2D eigenvalue weighted by atomic mass is 9.33. The maximum atomic E-state index is 7.02. The minimum Gasteiger partial charge on any atom is -0.440 e. The van der Waals surface area contributed by atoms with Crippen molar-refractivity contribution in [3.63, 3.8) is 0 Å². The first-order valence-electron chi connectivity index (χ1n) is 19.5. The zero-order valence-corrected chi connectivity index (χ0v) is 30.9. The maximum Gasteiger partial charge on any atom is 0.262 e. The van der Waals surface area contributed by atoms with Crippen molar-refractivity contribution in [2.24, 2.45) is 0 Å². The van der Waals surface area contributed by atoms with Crippen LogP contribution in [0.2, 0.25) is 0 Å². The molecule has 7 aromatic carbocycles. The molecule has 8 heteroatoms. The number of hydrogen-bond donors (Lipinski definition) is 0. The molecule has 11 aromatic rings. The van der Waals surface area contributed by atoms with E-state index in [0.29, 0.717) is 23.5 Å². The van der Waals surface area contributed by atoms with Gasteiger partial charge in [-0.3, -0.25) is 9.80 Å². The fraction of sp³-hybridized carbons (Fsp3) is 0. The summed E-state index contributed by atoms with van der Waals surface area (Å²) < 4.78 is 27.6. The normalized spacial score (nSPS) is 13.1. The van der Waals surface area contributed by atoms with Crippen molar-refractivity contribution >= 4 is 119 Å². The summed E-state index contributed by atoms with van der Waals surface area (Å²) in [5.41, 5.74) is 11.2. The number of hydrogen-bond acceptors (Lipinski definition) is 7. The van der Waals surface area contributed by atoms with Crippen molar-refractivity contribution in [1.29, 1.82) is 0 Å². The zero-order chi connectivity index (χ0) is 37.9. The molecule has 0 atom stereocenters. The molecule has 0 unspecified atom stereocenters. The molecule has 4 aromatic heterocycles. The first-order chi connectivity index (χ1) is 28.8. The van der Waals surface area contributed by atoms with Gasteiger partial charge in [0, 0.05) is 56.0 Å². The average molecular weight is 748 g/mol. The molecule has 0 N–H and O–H groups in total. The summed E-state index contributed by atoms with van der Waals surface area (Å²) in [6.07, 6.45) is 0. The van der Waals surface area contributed by atoms with Crippen LogP contribution in [-0.4, -0.2) is 6.71 Å². The molecule has 2 aliphatic heterocycles. The summed E-state index contributed by atoms with van der Waals surface area (Å²) >= 11 is 0. The average Bonchev–Trinajstić information content (AvgIpc) is 4.07. The summed E-state index contributed by atoms with van der Waals surface area (Å²) in [7, 11) is 0. The molecule has 0 bridgehead atoms. The van der Waals surface area contributed by atoms with Crippen LogP contribution in [0.25, 0.3) is 43.9 Å². The van der Waals surface area contributed by atoms with E-state index in [1.54, 1.807) is 0 Å². The van der Waals surface area contributed by atoms with E-state index < -0.39 is 0 Å². The zero-order valence-electron chi connectivity index (χ0n) is 30.9. The van der Waals surface area contributed by atoms with E-state index in [9.17, 15) is 0 Å². The Morgan fingerprint density at radius 1 is 0.362 bits per heavy atom. The van der Waals surface area contributed by atoms with Crippen LogP contribution >= 0.6 is 0 Å². The van der Waals surface area contributed by atoms with Gasteiger partial charge < -0.3 is 22.6 Å². The third-order valence-corrected chi connectivity index (χ3v) is 11.7. The molecule has 0 aliphatic carbocycles. The molecule has 0 spiro atoms. The highest BCUT2D eigenvalue weighted by Crippen LogP contribution is 2.51. The van der Waals surface area contributed by atoms with Crippen molar-refractivity contribution in [1.82, 2.24) is 0 Å². The molecule has 6 heterocycles. The number of nitrogens with zero attached hydrogens (tertiary/aromatic N) is 3. The minimum atomic E-state index is -0.264. The summed E-state index contributed by atoms with van der Waals surface area (Å²) in [6, 6.07) is 62.7. The lowest BCUT2D eigenvalue weighted by Gasteiger charge is -2.40. The second-order valence-corrected chi connectivity index (χ2v) is 14.9. The fourth-order valence-corrected chi connectivity index (χ4v) is 9.25. The van der Waals surface area contributed by atoms with Gasteiger partial charge >= 0.3 is 0 Å². The SMILES string of the molecule is c1ccc(N(c2ccccc2)c2cc3c4c(c2)N(c2cc5ccccc5o2)c2oc5ccccc5c2B4c2c(oc4ccccc24)N3c2cc3ccccc3o2)cc1. The molecule has 0 fully saturated rings. The highest BCUT2D eigenvalue weighted by molar-refractivity contribution is 7.02. The Hall–Kier alpha value is -7.84. The lowest BCUT2D eigenvalue weighted by molar-refractivity contribution is 0.582. The second-order valence-electron chi connectivity index (χ2n) is 14.9. The van der Waals surface area contributed by atoms with Crippen LogP contribution in [-0.2, 0) is 0 Å². The Labute approximate surface area is 332 Å². The molecule has 272 valence electrons. The van der Waals surface area contributed by atoms with Crippen LogP contribution in [0, 0.1) is 0 Å². The third-order valence-electron chi connectivity index (χ3n) is 11.7. The van der Waals surface area contributed by atoms with Gasteiger partial charge in [-0.1, -0.05) is 109 Å². The molecule has 58 heavy (non-hydrogen) atoms. The first kappa shape index (κ1) is 31.4. The molecule has 0 saturated carbocycles. The molecular formula is C50H30BN3O4. The molecule has 0 amide bonds. The monoisotopic (exact) mass is 747 g/mol. The van der Waals surface area contributed by atoms with Gasteiger partial charge in [0.1, 0.15) is 22.3 Å². The van der Waals surface area contributed by atoms with E-state index in [2.05, 4.69) is 124 Å². The highest BCUT2D eigenvalue weighted by Gasteiger charge is 2.50. The smallest absolute Gasteiger partial charge is 0.262 e. The summed E-state index contributed by atoms with van der Waals surface area (Å²) in [4.78, 5) is 6.64. The molecule has 7 nitrogen and oxygen atoms in total. The van der Waals surface area contributed by atoms with Crippen LogP contribution in [0.1, 0.15) is 0 Å².